The molecule has 9 heteroatoms. The molecule has 2 aliphatic heterocycles. The minimum atomic E-state index is -0.419. The summed E-state index contributed by atoms with van der Waals surface area (Å²) in [7, 11) is 0. The van der Waals surface area contributed by atoms with E-state index in [1.54, 1.807) is 6.07 Å². The molecule has 0 atom stereocenters. The Hall–Kier alpha value is -3.40. The highest BCUT2D eigenvalue weighted by Crippen LogP contribution is 2.29. The van der Waals surface area contributed by atoms with Crippen molar-refractivity contribution in [3.05, 3.63) is 59.9 Å². The van der Waals surface area contributed by atoms with Gasteiger partial charge in [0.1, 0.15) is 5.82 Å². The summed E-state index contributed by atoms with van der Waals surface area (Å²) in [4.78, 5) is 36.7. The van der Waals surface area contributed by atoms with Crippen molar-refractivity contribution in [2.75, 3.05) is 64.3 Å². The molecule has 2 aliphatic rings. The molecule has 40 heavy (non-hydrogen) atoms. The Bertz CT molecular complexity index is 1360. The van der Waals surface area contributed by atoms with Gasteiger partial charge in [-0.05, 0) is 29.8 Å². The van der Waals surface area contributed by atoms with Crippen molar-refractivity contribution in [3.8, 4) is 11.3 Å². The lowest BCUT2D eigenvalue weighted by molar-refractivity contribution is -0.141. The summed E-state index contributed by atoms with van der Waals surface area (Å²) >= 11 is 0. The van der Waals surface area contributed by atoms with E-state index < -0.39 is 5.41 Å². The number of piperazine rings is 1. The van der Waals surface area contributed by atoms with Crippen molar-refractivity contribution >= 4 is 28.4 Å². The van der Waals surface area contributed by atoms with Gasteiger partial charge in [-0.15, -0.1) is 0 Å². The quantitative estimate of drug-likeness (QED) is 0.503. The first kappa shape index (κ1) is 28.1. The van der Waals surface area contributed by atoms with E-state index >= 15 is 0 Å². The van der Waals surface area contributed by atoms with E-state index in [0.29, 0.717) is 48.5 Å². The van der Waals surface area contributed by atoms with Crippen LogP contribution >= 0.6 is 0 Å². The number of hydrogen-bond acceptors (Lipinski definition) is 6. The number of nitrogens with zero attached hydrogens (tertiary/aromatic N) is 4. The molecule has 0 unspecified atom stereocenters. The number of rotatable bonds is 6. The topological polar surface area (TPSA) is 78.0 Å². The number of carbonyl (C=O) groups is 2. The largest absolute Gasteiger partial charge is 0.379 e. The lowest BCUT2D eigenvalue weighted by Gasteiger charge is -2.37. The zero-order valence-electron chi connectivity index (χ0n) is 23.6. The average molecular weight is 548 g/mol. The third-order valence-electron chi connectivity index (χ3n) is 7.47. The van der Waals surface area contributed by atoms with Crippen LogP contribution in [-0.2, 0) is 20.9 Å². The molecule has 3 heterocycles. The lowest BCUT2D eigenvalue weighted by atomic mass is 9.94. The van der Waals surface area contributed by atoms with Crippen LogP contribution in [0.4, 0.5) is 10.1 Å². The summed E-state index contributed by atoms with van der Waals surface area (Å²) in [5.74, 6) is -0.438. The number of benzene rings is 2. The fraction of sp³-hybridized carbons (Fsp3) is 0.452. The van der Waals surface area contributed by atoms with E-state index in [2.05, 4.69) is 22.3 Å². The van der Waals surface area contributed by atoms with Gasteiger partial charge in [-0.25, -0.2) is 9.37 Å². The van der Waals surface area contributed by atoms with Crippen LogP contribution in [-0.4, -0.2) is 90.5 Å². The Balaban J connectivity index is 1.29. The number of halogens is 1. The standard InChI is InChI=1S/C31H38FN5O3/c1-31(2,3)30(39)37-12-10-35(11-13-37)21-29(38)34-28-19-27(33-26-9-8-24(32)18-25(26)28)23-6-4-22(5-7-23)20-36-14-16-40-17-15-36/h4-9,18-19H,10-17,20-21H2,1-3H3,(H,33,34,38). The van der Waals surface area contributed by atoms with E-state index in [-0.39, 0.29) is 24.2 Å². The molecule has 2 amide bonds. The van der Waals surface area contributed by atoms with Crippen LogP contribution in [0.3, 0.4) is 0 Å². The van der Waals surface area contributed by atoms with Crippen molar-refractivity contribution < 1.29 is 18.7 Å². The van der Waals surface area contributed by atoms with Crippen molar-refractivity contribution in [1.29, 1.82) is 0 Å². The van der Waals surface area contributed by atoms with Gasteiger partial charge in [0, 0.05) is 62.2 Å². The Labute approximate surface area is 235 Å². The van der Waals surface area contributed by atoms with Crippen LogP contribution in [0.15, 0.2) is 48.5 Å². The van der Waals surface area contributed by atoms with E-state index in [4.69, 9.17) is 9.72 Å². The van der Waals surface area contributed by atoms with Crippen LogP contribution in [0.1, 0.15) is 26.3 Å². The zero-order valence-corrected chi connectivity index (χ0v) is 23.6. The Morgan fingerprint density at radius 2 is 1.62 bits per heavy atom. The molecule has 1 aromatic heterocycles. The number of morpholine rings is 1. The number of nitrogens with one attached hydrogen (secondary N) is 1. The van der Waals surface area contributed by atoms with Crippen molar-refractivity contribution in [2.45, 2.75) is 27.3 Å². The number of ether oxygens (including phenoxy) is 1. The van der Waals surface area contributed by atoms with Gasteiger partial charge >= 0.3 is 0 Å². The van der Waals surface area contributed by atoms with Gasteiger partial charge in [0.25, 0.3) is 0 Å². The van der Waals surface area contributed by atoms with Crippen molar-refractivity contribution in [3.63, 3.8) is 0 Å². The molecule has 5 rings (SSSR count). The van der Waals surface area contributed by atoms with Gasteiger partial charge in [-0.3, -0.25) is 19.4 Å². The first-order valence-corrected chi connectivity index (χ1v) is 14.0. The normalized spacial score (nSPS) is 17.2. The average Bonchev–Trinajstić information content (AvgIpc) is 2.94. The maximum Gasteiger partial charge on any atom is 0.238 e. The highest BCUT2D eigenvalue weighted by molar-refractivity contribution is 6.03. The number of pyridine rings is 1. The van der Waals surface area contributed by atoms with Gasteiger partial charge in [0.05, 0.1) is 36.7 Å². The van der Waals surface area contributed by atoms with E-state index in [0.717, 1.165) is 38.4 Å². The SMILES string of the molecule is CC(C)(C)C(=O)N1CCN(CC(=O)Nc2cc(-c3ccc(CN4CCOCC4)cc3)nc3ccc(F)cc23)CC1. The number of carbonyl (C=O) groups excluding carboxylic acids is 2. The van der Waals surface area contributed by atoms with Crippen LogP contribution in [0, 0.1) is 11.2 Å². The summed E-state index contributed by atoms with van der Waals surface area (Å²) in [6, 6.07) is 14.5. The number of fused-ring (bicyclic) bond motifs is 1. The number of anilines is 1. The highest BCUT2D eigenvalue weighted by atomic mass is 19.1. The monoisotopic (exact) mass is 547 g/mol. The minimum absolute atomic E-state index is 0.128. The predicted molar refractivity (Wildman–Crippen MR) is 154 cm³/mol. The second-order valence-corrected chi connectivity index (χ2v) is 11.7. The minimum Gasteiger partial charge on any atom is -0.379 e. The first-order valence-electron chi connectivity index (χ1n) is 14.0. The summed E-state index contributed by atoms with van der Waals surface area (Å²) in [6.07, 6.45) is 0. The summed E-state index contributed by atoms with van der Waals surface area (Å²) in [6.45, 7) is 12.7. The molecule has 0 radical (unpaired) electrons. The maximum atomic E-state index is 14.2. The third kappa shape index (κ3) is 6.83. The van der Waals surface area contributed by atoms with Gasteiger partial charge < -0.3 is 15.0 Å². The molecule has 1 N–H and O–H groups in total. The lowest BCUT2D eigenvalue weighted by Crippen LogP contribution is -2.52. The first-order chi connectivity index (χ1) is 19.2. The molecular weight excluding hydrogens is 509 g/mol. The second kappa shape index (κ2) is 12.0. The van der Waals surface area contributed by atoms with Gasteiger partial charge in [0.2, 0.25) is 11.8 Å². The van der Waals surface area contributed by atoms with Gasteiger partial charge in [0.15, 0.2) is 0 Å². The molecule has 8 nitrogen and oxygen atoms in total. The van der Waals surface area contributed by atoms with Gasteiger partial charge in [-0.2, -0.15) is 0 Å². The molecule has 0 bridgehead atoms. The van der Waals surface area contributed by atoms with Crippen LogP contribution in [0.25, 0.3) is 22.2 Å². The van der Waals surface area contributed by atoms with Gasteiger partial charge in [-0.1, -0.05) is 45.0 Å². The Morgan fingerprint density at radius 1 is 0.925 bits per heavy atom. The van der Waals surface area contributed by atoms with Crippen LogP contribution in [0.5, 0.6) is 0 Å². The number of amides is 2. The Morgan fingerprint density at radius 3 is 2.30 bits per heavy atom. The van der Waals surface area contributed by atoms with Crippen LogP contribution in [0.2, 0.25) is 0 Å². The predicted octanol–water partition coefficient (Wildman–Crippen LogP) is 4.00. The van der Waals surface area contributed by atoms with E-state index in [9.17, 15) is 14.0 Å². The fourth-order valence-corrected chi connectivity index (χ4v) is 5.22. The molecule has 0 saturated carbocycles. The van der Waals surface area contributed by atoms with Crippen molar-refractivity contribution in [2.24, 2.45) is 5.41 Å². The molecule has 0 spiro atoms. The smallest absolute Gasteiger partial charge is 0.238 e. The summed E-state index contributed by atoms with van der Waals surface area (Å²) in [5, 5.41) is 3.56. The maximum absolute atomic E-state index is 14.2. The molecule has 3 aromatic rings. The molecular formula is C31H38FN5O3. The van der Waals surface area contributed by atoms with Crippen LogP contribution < -0.4 is 5.32 Å². The van der Waals surface area contributed by atoms with E-state index in [1.165, 1.54) is 17.7 Å². The zero-order chi connectivity index (χ0) is 28.3. The highest BCUT2D eigenvalue weighted by Gasteiger charge is 2.30. The summed E-state index contributed by atoms with van der Waals surface area (Å²) < 4.78 is 19.6. The fourth-order valence-electron chi connectivity index (χ4n) is 5.22. The summed E-state index contributed by atoms with van der Waals surface area (Å²) in [5.41, 5.74) is 3.57. The molecule has 2 aromatic carbocycles. The molecule has 212 valence electrons. The second-order valence-electron chi connectivity index (χ2n) is 11.7. The van der Waals surface area contributed by atoms with E-state index in [1.807, 2.05) is 48.8 Å². The molecule has 0 aliphatic carbocycles. The number of aromatic nitrogens is 1. The molecule has 2 fully saturated rings. The van der Waals surface area contributed by atoms with Crippen molar-refractivity contribution in [1.82, 2.24) is 19.7 Å². The number of hydrogen-bond donors (Lipinski definition) is 1. The molecule has 2 saturated heterocycles. The Kier molecular flexibility index (Phi) is 8.44. The third-order valence-corrected chi connectivity index (χ3v) is 7.47.